The molecule has 7 nitrogen and oxygen atoms in total. The molecular formula is C16H25N5O2. The molecule has 0 spiro atoms. The quantitative estimate of drug-likeness (QED) is 0.852. The SMILES string of the molecule is O=C([C@H]1CN2CC[C@@H]1C[C@@H]2Cn1cc(CO)nn1)N1CCCC1. The van der Waals surface area contributed by atoms with Crippen LogP contribution in [-0.4, -0.2) is 68.0 Å². The van der Waals surface area contributed by atoms with Gasteiger partial charge in [-0.3, -0.25) is 14.4 Å². The van der Waals surface area contributed by atoms with E-state index in [2.05, 4.69) is 20.1 Å². The van der Waals surface area contributed by atoms with Crippen LogP contribution in [0.5, 0.6) is 0 Å². The highest BCUT2D eigenvalue weighted by Crippen LogP contribution is 2.38. The van der Waals surface area contributed by atoms with Gasteiger partial charge in [-0.1, -0.05) is 5.21 Å². The Hall–Kier alpha value is -1.47. The largest absolute Gasteiger partial charge is 0.390 e. The molecule has 0 aliphatic carbocycles. The number of rotatable bonds is 4. The topological polar surface area (TPSA) is 74.5 Å². The summed E-state index contributed by atoms with van der Waals surface area (Å²) in [4.78, 5) is 17.3. The van der Waals surface area contributed by atoms with Gasteiger partial charge in [0.2, 0.25) is 5.91 Å². The maximum absolute atomic E-state index is 12.7. The third-order valence-corrected chi connectivity index (χ3v) is 5.76. The van der Waals surface area contributed by atoms with Crippen molar-refractivity contribution in [1.29, 1.82) is 0 Å². The fourth-order valence-corrected chi connectivity index (χ4v) is 4.50. The lowest BCUT2D eigenvalue weighted by molar-refractivity contribution is -0.142. The third kappa shape index (κ3) is 2.87. The number of carbonyl (C=O) groups is 1. The van der Waals surface area contributed by atoms with Gasteiger partial charge in [0.15, 0.2) is 0 Å². The molecule has 7 heteroatoms. The van der Waals surface area contributed by atoms with Crippen LogP contribution in [-0.2, 0) is 17.9 Å². The van der Waals surface area contributed by atoms with Crippen LogP contribution in [0.25, 0.3) is 0 Å². The molecule has 0 saturated carbocycles. The van der Waals surface area contributed by atoms with Crippen molar-refractivity contribution in [2.24, 2.45) is 11.8 Å². The first-order chi connectivity index (χ1) is 11.2. The normalized spacial score (nSPS) is 33.3. The first-order valence-electron chi connectivity index (χ1n) is 8.77. The number of carbonyl (C=O) groups excluding carboxylic acids is 1. The summed E-state index contributed by atoms with van der Waals surface area (Å²) in [6, 6.07) is 0.435. The molecule has 1 aromatic heterocycles. The van der Waals surface area contributed by atoms with Gasteiger partial charge in [0.05, 0.1) is 25.3 Å². The Bertz CT molecular complexity index is 569. The van der Waals surface area contributed by atoms with Crippen LogP contribution < -0.4 is 0 Å². The molecule has 4 aliphatic heterocycles. The number of piperidine rings is 3. The minimum Gasteiger partial charge on any atom is -0.390 e. The molecule has 4 fully saturated rings. The maximum Gasteiger partial charge on any atom is 0.227 e. The highest BCUT2D eigenvalue weighted by molar-refractivity contribution is 5.80. The monoisotopic (exact) mass is 319 g/mol. The molecule has 5 rings (SSSR count). The Morgan fingerprint density at radius 3 is 2.78 bits per heavy atom. The highest BCUT2D eigenvalue weighted by atomic mass is 16.3. The third-order valence-electron chi connectivity index (χ3n) is 5.76. The van der Waals surface area contributed by atoms with Crippen molar-refractivity contribution in [2.45, 2.75) is 44.9 Å². The van der Waals surface area contributed by atoms with E-state index in [0.29, 0.717) is 23.6 Å². The van der Waals surface area contributed by atoms with E-state index in [9.17, 15) is 4.79 Å². The Labute approximate surface area is 136 Å². The predicted octanol–water partition coefficient (Wildman–Crippen LogP) is 0.103. The second-order valence-corrected chi connectivity index (χ2v) is 7.16. The van der Waals surface area contributed by atoms with E-state index in [1.807, 2.05) is 10.9 Å². The summed E-state index contributed by atoms with van der Waals surface area (Å²) in [7, 11) is 0. The van der Waals surface area contributed by atoms with Crippen molar-refractivity contribution >= 4 is 5.91 Å². The van der Waals surface area contributed by atoms with Crippen molar-refractivity contribution in [2.75, 3.05) is 26.2 Å². The molecule has 1 N–H and O–H groups in total. The average molecular weight is 319 g/mol. The number of amides is 1. The smallest absolute Gasteiger partial charge is 0.227 e. The van der Waals surface area contributed by atoms with Crippen molar-refractivity contribution < 1.29 is 9.90 Å². The Balaban J connectivity index is 1.40. The summed E-state index contributed by atoms with van der Waals surface area (Å²) in [6.45, 7) is 4.62. The molecule has 23 heavy (non-hydrogen) atoms. The molecule has 4 aliphatic rings. The van der Waals surface area contributed by atoms with E-state index >= 15 is 0 Å². The number of aliphatic hydroxyl groups is 1. The van der Waals surface area contributed by atoms with Crippen LogP contribution in [0.2, 0.25) is 0 Å². The highest BCUT2D eigenvalue weighted by Gasteiger charge is 2.44. The van der Waals surface area contributed by atoms with Crippen LogP contribution in [0.1, 0.15) is 31.4 Å². The molecule has 1 amide bonds. The predicted molar refractivity (Wildman–Crippen MR) is 83.3 cm³/mol. The van der Waals surface area contributed by atoms with Gasteiger partial charge in [0.1, 0.15) is 5.69 Å². The van der Waals surface area contributed by atoms with Gasteiger partial charge in [-0.2, -0.15) is 0 Å². The fourth-order valence-electron chi connectivity index (χ4n) is 4.50. The first-order valence-corrected chi connectivity index (χ1v) is 8.77. The molecular weight excluding hydrogens is 294 g/mol. The number of aliphatic hydroxyl groups excluding tert-OH is 1. The molecule has 1 unspecified atom stereocenters. The number of hydrogen-bond acceptors (Lipinski definition) is 5. The van der Waals surface area contributed by atoms with Crippen molar-refractivity contribution in [3.8, 4) is 0 Å². The molecule has 126 valence electrons. The van der Waals surface area contributed by atoms with Crippen LogP contribution in [0.3, 0.4) is 0 Å². The van der Waals surface area contributed by atoms with E-state index in [0.717, 1.165) is 58.4 Å². The van der Waals surface area contributed by atoms with Crippen LogP contribution >= 0.6 is 0 Å². The lowest BCUT2D eigenvalue weighted by Crippen LogP contribution is -2.58. The maximum atomic E-state index is 12.7. The van der Waals surface area contributed by atoms with Gasteiger partial charge < -0.3 is 10.0 Å². The summed E-state index contributed by atoms with van der Waals surface area (Å²) < 4.78 is 1.83. The lowest BCUT2D eigenvalue weighted by Gasteiger charge is -2.49. The molecule has 5 heterocycles. The summed E-state index contributed by atoms with van der Waals surface area (Å²) in [5, 5.41) is 17.1. The van der Waals surface area contributed by atoms with Gasteiger partial charge >= 0.3 is 0 Å². The van der Waals surface area contributed by atoms with Crippen LogP contribution in [0.4, 0.5) is 0 Å². The minimum atomic E-state index is -0.0661. The zero-order chi connectivity index (χ0) is 15.8. The van der Waals surface area contributed by atoms with Gasteiger partial charge in [0.25, 0.3) is 0 Å². The number of hydrogen-bond donors (Lipinski definition) is 1. The van der Waals surface area contributed by atoms with Crippen LogP contribution in [0.15, 0.2) is 6.20 Å². The van der Waals surface area contributed by atoms with Crippen molar-refractivity contribution in [3.05, 3.63) is 11.9 Å². The second kappa shape index (κ2) is 6.20. The van der Waals surface area contributed by atoms with E-state index in [1.54, 1.807) is 0 Å². The number of fused-ring (bicyclic) bond motifs is 3. The van der Waals surface area contributed by atoms with Gasteiger partial charge in [-0.15, -0.1) is 5.10 Å². The van der Waals surface area contributed by atoms with Crippen LogP contribution in [0, 0.1) is 11.8 Å². The zero-order valence-corrected chi connectivity index (χ0v) is 13.5. The summed E-state index contributed by atoms with van der Waals surface area (Å²) >= 11 is 0. The second-order valence-electron chi connectivity index (χ2n) is 7.16. The lowest BCUT2D eigenvalue weighted by atomic mass is 9.75. The fraction of sp³-hybridized carbons (Fsp3) is 0.812. The Morgan fingerprint density at radius 1 is 1.30 bits per heavy atom. The molecule has 0 radical (unpaired) electrons. The zero-order valence-electron chi connectivity index (χ0n) is 13.5. The molecule has 0 aromatic carbocycles. The van der Waals surface area contributed by atoms with E-state index < -0.39 is 0 Å². The van der Waals surface area contributed by atoms with Crippen molar-refractivity contribution in [3.63, 3.8) is 0 Å². The van der Waals surface area contributed by atoms with Gasteiger partial charge in [-0.05, 0) is 38.1 Å². The summed E-state index contributed by atoms with van der Waals surface area (Å²) in [6.07, 6.45) is 6.35. The van der Waals surface area contributed by atoms with E-state index in [4.69, 9.17) is 5.11 Å². The summed E-state index contributed by atoms with van der Waals surface area (Å²) in [5.74, 6) is 1.10. The van der Waals surface area contributed by atoms with E-state index in [-0.39, 0.29) is 12.5 Å². The number of likely N-dealkylation sites (tertiary alicyclic amines) is 1. The van der Waals surface area contributed by atoms with Gasteiger partial charge in [-0.25, -0.2) is 0 Å². The number of nitrogens with zero attached hydrogens (tertiary/aromatic N) is 5. The molecule has 1 aromatic rings. The van der Waals surface area contributed by atoms with E-state index in [1.165, 1.54) is 0 Å². The van der Waals surface area contributed by atoms with Gasteiger partial charge in [0, 0.05) is 25.7 Å². The molecule has 2 bridgehead atoms. The average Bonchev–Trinajstić information content (AvgIpc) is 3.26. The molecule has 4 atom stereocenters. The summed E-state index contributed by atoms with van der Waals surface area (Å²) in [5.41, 5.74) is 0.614. The minimum absolute atomic E-state index is 0.0661. The Morgan fingerprint density at radius 2 is 2.13 bits per heavy atom. The van der Waals surface area contributed by atoms with Crippen molar-refractivity contribution in [1.82, 2.24) is 24.8 Å². The first kappa shape index (κ1) is 15.1. The molecule has 4 saturated heterocycles. The standard InChI is InChI=1S/C16H25N5O2/c22-11-13-8-21(18-17-13)9-14-7-12-3-6-20(14)10-15(12)16(23)19-4-1-2-5-19/h8,12,14-15,22H,1-7,9-11H2/t12-,14-,15+/m1/s1. The number of aromatic nitrogens is 3. The Kier molecular flexibility index (Phi) is 4.07.